The third-order valence-electron chi connectivity index (χ3n) is 7.20. The average Bonchev–Trinajstić information content (AvgIpc) is 3.63. The van der Waals surface area contributed by atoms with Gasteiger partial charge in [-0.2, -0.15) is 0 Å². The number of aromatic nitrogens is 1. The van der Waals surface area contributed by atoms with Crippen LogP contribution in [-0.4, -0.2) is 41.1 Å². The van der Waals surface area contributed by atoms with Gasteiger partial charge in [0.2, 0.25) is 0 Å². The molecule has 0 aliphatic carbocycles. The monoisotopic (exact) mass is 604 g/mol. The van der Waals surface area contributed by atoms with Crippen LogP contribution in [0.4, 0.5) is 5.13 Å². The first kappa shape index (κ1) is 28.1. The Hall–Kier alpha value is -4.08. The van der Waals surface area contributed by atoms with Gasteiger partial charge in [-0.25, -0.2) is 4.98 Å². The SMILES string of the molecule is CCCOc1ccc([C@H]2/C(=C(\O)c3ccc4c(c3)C[C@@H](C)O4)C(=O)C(=O)N2c2nc3ccc(Cl)cc3s2)cc1OCC. The highest BCUT2D eigenvalue weighted by Gasteiger charge is 2.48. The van der Waals surface area contributed by atoms with Gasteiger partial charge in [0.15, 0.2) is 16.6 Å². The summed E-state index contributed by atoms with van der Waals surface area (Å²) < 4.78 is 18.4. The first-order valence-corrected chi connectivity index (χ1v) is 15.0. The van der Waals surface area contributed by atoms with E-state index in [9.17, 15) is 14.7 Å². The summed E-state index contributed by atoms with van der Waals surface area (Å²) in [6.45, 7) is 6.75. The molecule has 216 valence electrons. The lowest BCUT2D eigenvalue weighted by molar-refractivity contribution is -0.132. The standard InChI is InChI=1S/C32H29ClN2O6S/c1-4-12-40-24-11-6-18(15-25(24)39-5-2)28-27(29(36)19-7-10-23-20(14-19)13-17(3)41-23)30(37)31(38)35(28)32-34-22-9-8-21(33)16-26(22)42-32/h6-11,14-17,28,36H,4-5,12-13H2,1-3H3/b29-27+/t17-,28+/m1/s1. The maximum absolute atomic E-state index is 13.7. The predicted octanol–water partition coefficient (Wildman–Crippen LogP) is 7.09. The Morgan fingerprint density at radius 2 is 1.93 bits per heavy atom. The van der Waals surface area contributed by atoms with Gasteiger partial charge in [0.1, 0.15) is 17.6 Å². The zero-order chi connectivity index (χ0) is 29.5. The molecule has 10 heteroatoms. The molecule has 2 aliphatic rings. The first-order chi connectivity index (χ1) is 20.3. The topological polar surface area (TPSA) is 98.2 Å². The van der Waals surface area contributed by atoms with E-state index in [-0.39, 0.29) is 17.4 Å². The molecule has 0 unspecified atom stereocenters. The number of ketones is 1. The number of rotatable bonds is 8. The zero-order valence-electron chi connectivity index (χ0n) is 23.3. The number of hydrogen-bond acceptors (Lipinski definition) is 8. The van der Waals surface area contributed by atoms with Gasteiger partial charge in [0, 0.05) is 17.0 Å². The molecule has 1 saturated heterocycles. The third kappa shape index (κ3) is 4.97. The minimum absolute atomic E-state index is 0.0148. The lowest BCUT2D eigenvalue weighted by atomic mass is 9.94. The van der Waals surface area contributed by atoms with Crippen LogP contribution in [0.1, 0.15) is 49.9 Å². The normalized spacial score (nSPS) is 19.3. The Bertz CT molecular complexity index is 1750. The number of hydrogen-bond donors (Lipinski definition) is 1. The Morgan fingerprint density at radius 1 is 1.10 bits per heavy atom. The second kappa shape index (κ2) is 11.3. The molecule has 0 saturated carbocycles. The van der Waals surface area contributed by atoms with E-state index >= 15 is 0 Å². The lowest BCUT2D eigenvalue weighted by Crippen LogP contribution is -2.29. The van der Waals surface area contributed by atoms with Crippen molar-refractivity contribution in [1.82, 2.24) is 4.98 Å². The largest absolute Gasteiger partial charge is 0.507 e. The number of aliphatic hydroxyl groups excluding tert-OH is 1. The highest BCUT2D eigenvalue weighted by Crippen LogP contribution is 2.46. The maximum atomic E-state index is 13.7. The summed E-state index contributed by atoms with van der Waals surface area (Å²) in [5.74, 6) is -0.0707. The van der Waals surface area contributed by atoms with Crippen molar-refractivity contribution in [1.29, 1.82) is 0 Å². The van der Waals surface area contributed by atoms with Crippen LogP contribution in [0, 0.1) is 0 Å². The van der Waals surface area contributed by atoms with Crippen molar-refractivity contribution in [2.75, 3.05) is 18.1 Å². The fourth-order valence-corrected chi connectivity index (χ4v) is 6.62. The first-order valence-electron chi connectivity index (χ1n) is 13.9. The average molecular weight is 605 g/mol. The molecular formula is C32H29ClN2O6S. The van der Waals surface area contributed by atoms with Crippen molar-refractivity contribution in [3.8, 4) is 17.2 Å². The van der Waals surface area contributed by atoms with E-state index in [1.807, 2.05) is 26.8 Å². The van der Waals surface area contributed by atoms with Gasteiger partial charge < -0.3 is 19.3 Å². The van der Waals surface area contributed by atoms with Gasteiger partial charge in [-0.15, -0.1) is 0 Å². The number of anilines is 1. The minimum Gasteiger partial charge on any atom is -0.507 e. The molecule has 2 aliphatic heterocycles. The van der Waals surface area contributed by atoms with E-state index in [1.54, 1.807) is 48.5 Å². The predicted molar refractivity (Wildman–Crippen MR) is 163 cm³/mol. The summed E-state index contributed by atoms with van der Waals surface area (Å²) >= 11 is 7.46. The molecule has 8 nitrogen and oxygen atoms in total. The zero-order valence-corrected chi connectivity index (χ0v) is 24.9. The number of amides is 1. The van der Waals surface area contributed by atoms with Crippen LogP contribution >= 0.6 is 22.9 Å². The molecule has 1 N–H and O–H groups in total. The number of carbonyl (C=O) groups excluding carboxylic acids is 2. The molecule has 1 aromatic heterocycles. The molecule has 0 bridgehead atoms. The number of thiazole rings is 1. The molecule has 6 rings (SSSR count). The second-order valence-corrected chi connectivity index (χ2v) is 11.7. The van der Waals surface area contributed by atoms with E-state index in [0.717, 1.165) is 22.4 Å². The van der Waals surface area contributed by atoms with Crippen LogP contribution in [-0.2, 0) is 16.0 Å². The van der Waals surface area contributed by atoms with Crippen molar-refractivity contribution in [3.05, 3.63) is 81.9 Å². The van der Waals surface area contributed by atoms with Crippen LogP contribution in [0.5, 0.6) is 17.2 Å². The molecule has 1 amide bonds. The number of fused-ring (bicyclic) bond motifs is 2. The van der Waals surface area contributed by atoms with E-state index in [4.69, 9.17) is 25.8 Å². The van der Waals surface area contributed by atoms with Crippen molar-refractivity contribution in [2.24, 2.45) is 0 Å². The molecule has 3 heterocycles. The van der Waals surface area contributed by atoms with Gasteiger partial charge in [0.25, 0.3) is 5.78 Å². The number of halogens is 1. The summed E-state index contributed by atoms with van der Waals surface area (Å²) in [6, 6.07) is 14.9. The van der Waals surface area contributed by atoms with E-state index in [0.29, 0.717) is 57.9 Å². The summed E-state index contributed by atoms with van der Waals surface area (Å²) in [6.07, 6.45) is 1.51. The van der Waals surface area contributed by atoms with Crippen LogP contribution in [0.3, 0.4) is 0 Å². The molecule has 0 spiro atoms. The second-order valence-electron chi connectivity index (χ2n) is 10.2. The summed E-state index contributed by atoms with van der Waals surface area (Å²) in [5.41, 5.74) is 2.54. The van der Waals surface area contributed by atoms with E-state index in [2.05, 4.69) is 4.98 Å². The maximum Gasteiger partial charge on any atom is 0.301 e. The fourth-order valence-electron chi connectivity index (χ4n) is 5.35. The Labute approximate surface area is 252 Å². The van der Waals surface area contributed by atoms with Crippen molar-refractivity contribution < 1.29 is 28.9 Å². The van der Waals surface area contributed by atoms with Gasteiger partial charge in [-0.3, -0.25) is 14.5 Å². The molecule has 4 aromatic rings. The fraction of sp³-hybridized carbons (Fsp3) is 0.281. The molecule has 42 heavy (non-hydrogen) atoms. The summed E-state index contributed by atoms with van der Waals surface area (Å²) in [7, 11) is 0. The Morgan fingerprint density at radius 3 is 2.71 bits per heavy atom. The van der Waals surface area contributed by atoms with Gasteiger partial charge >= 0.3 is 5.91 Å². The summed E-state index contributed by atoms with van der Waals surface area (Å²) in [4.78, 5) is 33.5. The van der Waals surface area contributed by atoms with Crippen LogP contribution in [0.25, 0.3) is 16.0 Å². The Kier molecular flexibility index (Phi) is 7.55. The number of aliphatic hydroxyl groups is 1. The van der Waals surface area contributed by atoms with Crippen LogP contribution in [0.15, 0.2) is 60.2 Å². The van der Waals surface area contributed by atoms with Gasteiger partial charge in [0.05, 0.1) is 35.0 Å². The Balaban J connectivity index is 1.53. The van der Waals surface area contributed by atoms with Crippen LogP contribution in [0.2, 0.25) is 5.02 Å². The summed E-state index contributed by atoms with van der Waals surface area (Å²) in [5, 5.41) is 12.5. The van der Waals surface area contributed by atoms with Crippen LogP contribution < -0.4 is 19.1 Å². The number of nitrogens with zero attached hydrogens (tertiary/aromatic N) is 2. The molecular weight excluding hydrogens is 576 g/mol. The minimum atomic E-state index is -0.969. The lowest BCUT2D eigenvalue weighted by Gasteiger charge is -2.24. The molecule has 1 fully saturated rings. The molecule has 3 aromatic carbocycles. The number of carbonyl (C=O) groups is 2. The van der Waals surface area contributed by atoms with Gasteiger partial charge in [-0.05, 0) is 79.9 Å². The van der Waals surface area contributed by atoms with E-state index in [1.165, 1.54) is 16.2 Å². The molecule has 0 radical (unpaired) electrons. The number of ether oxygens (including phenoxy) is 3. The highest BCUT2D eigenvalue weighted by molar-refractivity contribution is 7.22. The number of benzene rings is 3. The third-order valence-corrected chi connectivity index (χ3v) is 8.46. The van der Waals surface area contributed by atoms with Crippen molar-refractivity contribution in [3.63, 3.8) is 0 Å². The van der Waals surface area contributed by atoms with Crippen molar-refractivity contribution >= 4 is 55.7 Å². The molecule has 2 atom stereocenters. The highest BCUT2D eigenvalue weighted by atomic mass is 35.5. The van der Waals surface area contributed by atoms with Crippen molar-refractivity contribution in [2.45, 2.75) is 45.8 Å². The quantitative estimate of drug-likeness (QED) is 0.130. The smallest absolute Gasteiger partial charge is 0.301 e. The van der Waals surface area contributed by atoms with E-state index < -0.39 is 17.7 Å². The van der Waals surface area contributed by atoms with Gasteiger partial charge in [-0.1, -0.05) is 35.9 Å². The number of Topliss-reactive ketones (excluding diaryl/α,β-unsaturated/α-hetero) is 1.